The maximum atomic E-state index is 12.5. The molecule has 1 atom stereocenters. The van der Waals surface area contributed by atoms with Crippen molar-refractivity contribution in [1.29, 1.82) is 0 Å². The molecule has 144 valence electrons. The molecule has 0 radical (unpaired) electrons. The van der Waals surface area contributed by atoms with Crippen LogP contribution < -0.4 is 14.8 Å². The second-order valence-corrected chi connectivity index (χ2v) is 9.73. The van der Waals surface area contributed by atoms with Crippen molar-refractivity contribution in [2.75, 3.05) is 33.0 Å². The lowest BCUT2D eigenvalue weighted by Crippen LogP contribution is -2.33. The fourth-order valence-electron chi connectivity index (χ4n) is 2.74. The quantitative estimate of drug-likeness (QED) is 0.697. The molecule has 7 nitrogen and oxygen atoms in total. The van der Waals surface area contributed by atoms with Gasteiger partial charge in [0.25, 0.3) is 0 Å². The Morgan fingerprint density at radius 3 is 2.56 bits per heavy atom. The van der Waals surface area contributed by atoms with Gasteiger partial charge in [0.1, 0.15) is 10.6 Å². The lowest BCUT2D eigenvalue weighted by Gasteiger charge is -2.22. The molecule has 2 rings (SSSR count). The summed E-state index contributed by atoms with van der Waals surface area (Å²) in [5.74, 6) is 0.569. The SMILES string of the molecule is COc1ccc(S(C)(=O)=O)cc1S(=O)(=O)NCCC1CCCNC1.Cl. The van der Waals surface area contributed by atoms with Crippen LogP contribution in [0.2, 0.25) is 0 Å². The van der Waals surface area contributed by atoms with Gasteiger partial charge in [-0.25, -0.2) is 21.6 Å². The van der Waals surface area contributed by atoms with Crippen molar-refractivity contribution in [2.24, 2.45) is 5.92 Å². The minimum atomic E-state index is -3.85. The van der Waals surface area contributed by atoms with Crippen LogP contribution in [0.5, 0.6) is 5.75 Å². The molecular weight excluding hydrogens is 388 g/mol. The molecule has 1 aliphatic heterocycles. The molecule has 1 heterocycles. The maximum Gasteiger partial charge on any atom is 0.244 e. The second-order valence-electron chi connectivity index (χ2n) is 5.98. The normalized spacial score (nSPS) is 18.4. The summed E-state index contributed by atoms with van der Waals surface area (Å²) >= 11 is 0. The Hall–Kier alpha value is -0.870. The Morgan fingerprint density at radius 2 is 2.00 bits per heavy atom. The van der Waals surface area contributed by atoms with Crippen LogP contribution >= 0.6 is 12.4 Å². The Morgan fingerprint density at radius 1 is 1.28 bits per heavy atom. The lowest BCUT2D eigenvalue weighted by molar-refractivity contribution is 0.358. The van der Waals surface area contributed by atoms with Gasteiger partial charge >= 0.3 is 0 Å². The van der Waals surface area contributed by atoms with Crippen molar-refractivity contribution in [3.63, 3.8) is 0 Å². The molecule has 0 aliphatic carbocycles. The Balaban J connectivity index is 0.00000312. The van der Waals surface area contributed by atoms with E-state index >= 15 is 0 Å². The first-order valence-corrected chi connectivity index (χ1v) is 11.2. The third kappa shape index (κ3) is 6.10. The van der Waals surface area contributed by atoms with Crippen molar-refractivity contribution >= 4 is 32.3 Å². The summed E-state index contributed by atoms with van der Waals surface area (Å²) in [5, 5.41) is 3.29. The number of halogens is 1. The van der Waals surface area contributed by atoms with E-state index in [4.69, 9.17) is 4.74 Å². The van der Waals surface area contributed by atoms with Crippen LogP contribution in [0.3, 0.4) is 0 Å². The molecule has 1 unspecified atom stereocenters. The van der Waals surface area contributed by atoms with Gasteiger partial charge in [0, 0.05) is 12.8 Å². The Labute approximate surface area is 155 Å². The Kier molecular flexibility index (Phi) is 8.14. The highest BCUT2D eigenvalue weighted by Crippen LogP contribution is 2.27. The van der Waals surface area contributed by atoms with Crippen LogP contribution in [0.4, 0.5) is 0 Å². The summed E-state index contributed by atoms with van der Waals surface area (Å²) in [5.41, 5.74) is 0. The van der Waals surface area contributed by atoms with Crippen LogP contribution in [0, 0.1) is 5.92 Å². The number of sulfonamides is 1. The van der Waals surface area contributed by atoms with E-state index in [-0.39, 0.29) is 27.9 Å². The summed E-state index contributed by atoms with van der Waals surface area (Å²) in [6.45, 7) is 2.22. The van der Waals surface area contributed by atoms with E-state index in [0.717, 1.165) is 44.7 Å². The number of hydrogen-bond donors (Lipinski definition) is 2. The zero-order valence-electron chi connectivity index (χ0n) is 14.3. The van der Waals surface area contributed by atoms with E-state index in [0.29, 0.717) is 12.5 Å². The standard InChI is InChI=1S/C15H24N2O5S2.ClH/c1-22-14-6-5-13(23(2,18)19)10-15(14)24(20,21)17-9-7-12-4-3-8-16-11-12;/h5-6,10,12,16-17H,3-4,7-9,11H2,1-2H3;1H. The van der Waals surface area contributed by atoms with Gasteiger partial charge in [0.05, 0.1) is 12.0 Å². The first-order chi connectivity index (χ1) is 11.2. The molecule has 10 heteroatoms. The minimum absolute atomic E-state index is 0. The average molecular weight is 413 g/mol. The van der Waals surface area contributed by atoms with E-state index in [2.05, 4.69) is 10.0 Å². The topological polar surface area (TPSA) is 102 Å². The van der Waals surface area contributed by atoms with Gasteiger partial charge in [-0.15, -0.1) is 12.4 Å². The molecule has 0 amide bonds. The molecule has 0 bridgehead atoms. The molecule has 1 fully saturated rings. The molecule has 1 aromatic carbocycles. The van der Waals surface area contributed by atoms with Crippen molar-refractivity contribution in [2.45, 2.75) is 29.1 Å². The van der Waals surface area contributed by atoms with Crippen molar-refractivity contribution in [3.8, 4) is 5.75 Å². The molecule has 1 aromatic rings. The van der Waals surface area contributed by atoms with E-state index in [1.165, 1.54) is 19.2 Å². The third-order valence-electron chi connectivity index (χ3n) is 4.10. The fourth-order valence-corrected chi connectivity index (χ4v) is 4.71. The lowest BCUT2D eigenvalue weighted by atomic mass is 9.96. The van der Waals surface area contributed by atoms with Gasteiger partial charge in [-0.05, 0) is 56.5 Å². The smallest absolute Gasteiger partial charge is 0.244 e. The number of sulfone groups is 1. The molecule has 25 heavy (non-hydrogen) atoms. The van der Waals surface area contributed by atoms with Gasteiger partial charge in [0.15, 0.2) is 9.84 Å². The van der Waals surface area contributed by atoms with Gasteiger partial charge in [-0.3, -0.25) is 0 Å². The zero-order valence-corrected chi connectivity index (χ0v) is 16.8. The van der Waals surface area contributed by atoms with E-state index < -0.39 is 19.9 Å². The number of benzene rings is 1. The third-order valence-corrected chi connectivity index (χ3v) is 6.69. The summed E-state index contributed by atoms with van der Waals surface area (Å²) in [6.07, 6.45) is 3.96. The van der Waals surface area contributed by atoms with Gasteiger partial charge < -0.3 is 10.1 Å². The van der Waals surface area contributed by atoms with Crippen molar-refractivity contribution in [3.05, 3.63) is 18.2 Å². The van der Waals surface area contributed by atoms with Crippen LogP contribution in [-0.4, -0.2) is 49.8 Å². The van der Waals surface area contributed by atoms with Crippen molar-refractivity contribution < 1.29 is 21.6 Å². The predicted molar refractivity (Wildman–Crippen MR) is 98.8 cm³/mol. The molecule has 1 saturated heterocycles. The number of ether oxygens (including phenoxy) is 1. The van der Waals surface area contributed by atoms with Gasteiger partial charge in [-0.2, -0.15) is 0 Å². The number of nitrogens with one attached hydrogen (secondary N) is 2. The monoisotopic (exact) mass is 412 g/mol. The van der Waals surface area contributed by atoms with Crippen LogP contribution in [-0.2, 0) is 19.9 Å². The molecule has 0 saturated carbocycles. The molecule has 0 spiro atoms. The first kappa shape index (κ1) is 22.2. The number of rotatable bonds is 7. The largest absolute Gasteiger partial charge is 0.495 e. The highest BCUT2D eigenvalue weighted by Gasteiger charge is 2.23. The molecular formula is C15H25ClN2O5S2. The predicted octanol–water partition coefficient (Wildman–Crippen LogP) is 1.19. The highest BCUT2D eigenvalue weighted by molar-refractivity contribution is 7.91. The van der Waals surface area contributed by atoms with Crippen LogP contribution in [0.1, 0.15) is 19.3 Å². The Bertz CT molecular complexity index is 775. The summed E-state index contributed by atoms with van der Waals surface area (Å²) < 4.78 is 56.0. The highest BCUT2D eigenvalue weighted by atomic mass is 35.5. The van der Waals surface area contributed by atoms with E-state index in [1.807, 2.05) is 0 Å². The van der Waals surface area contributed by atoms with Crippen LogP contribution in [0.25, 0.3) is 0 Å². The fraction of sp³-hybridized carbons (Fsp3) is 0.600. The first-order valence-electron chi connectivity index (χ1n) is 7.82. The second kappa shape index (κ2) is 9.18. The zero-order chi connectivity index (χ0) is 17.8. The van der Waals surface area contributed by atoms with Crippen LogP contribution in [0.15, 0.2) is 28.0 Å². The molecule has 0 aromatic heterocycles. The van der Waals surface area contributed by atoms with Crippen molar-refractivity contribution in [1.82, 2.24) is 10.0 Å². The number of methoxy groups -OCH3 is 1. The van der Waals surface area contributed by atoms with E-state index in [9.17, 15) is 16.8 Å². The summed E-state index contributed by atoms with van der Waals surface area (Å²) in [6, 6.07) is 3.83. The minimum Gasteiger partial charge on any atom is -0.495 e. The number of hydrogen-bond acceptors (Lipinski definition) is 6. The van der Waals surface area contributed by atoms with E-state index in [1.54, 1.807) is 0 Å². The maximum absolute atomic E-state index is 12.5. The summed E-state index contributed by atoms with van der Waals surface area (Å²) in [4.78, 5) is -0.213. The molecule has 2 N–H and O–H groups in total. The van der Waals surface area contributed by atoms with Gasteiger partial charge in [0.2, 0.25) is 10.0 Å². The van der Waals surface area contributed by atoms with Gasteiger partial charge in [-0.1, -0.05) is 0 Å². The number of piperidine rings is 1. The molecule has 1 aliphatic rings. The average Bonchev–Trinajstić information content (AvgIpc) is 2.54. The summed E-state index contributed by atoms with van der Waals surface area (Å²) in [7, 11) is -6.00.